The molecule has 12 nitrogen and oxygen atoms in total. The Morgan fingerprint density at radius 1 is 0.913 bits per heavy atom. The van der Waals surface area contributed by atoms with Gasteiger partial charge in [-0.25, -0.2) is 9.59 Å². The maximum atomic E-state index is 14.0. The fourth-order valence-electron chi connectivity index (χ4n) is 6.17. The van der Waals surface area contributed by atoms with Crippen LogP contribution in [0.3, 0.4) is 0 Å². The third kappa shape index (κ3) is 7.43. The summed E-state index contributed by atoms with van der Waals surface area (Å²) >= 11 is 0. The van der Waals surface area contributed by atoms with Crippen LogP contribution in [0, 0.1) is 0 Å². The number of nitrogens with zero attached hydrogens (tertiary/aromatic N) is 3. The molecule has 1 atom stereocenters. The van der Waals surface area contributed by atoms with E-state index >= 15 is 0 Å². The number of amides is 4. The molecule has 2 aliphatic heterocycles. The molecule has 2 aromatic carbocycles. The van der Waals surface area contributed by atoms with E-state index in [9.17, 15) is 24.0 Å². The third-order valence-electron chi connectivity index (χ3n) is 8.61. The Morgan fingerprint density at radius 3 is 2.26 bits per heavy atom. The fourth-order valence-corrected chi connectivity index (χ4v) is 6.17. The number of aromatic amines is 1. The van der Waals surface area contributed by atoms with E-state index in [2.05, 4.69) is 21.7 Å². The van der Waals surface area contributed by atoms with E-state index in [1.807, 2.05) is 42.5 Å². The molecule has 4 amide bonds. The first-order chi connectivity index (χ1) is 21.7. The summed E-state index contributed by atoms with van der Waals surface area (Å²) in [6, 6.07) is 14.2. The number of para-hydroxylation sites is 2. The normalized spacial score (nSPS) is 16.5. The lowest BCUT2D eigenvalue weighted by molar-refractivity contribution is -0.143. The largest absolute Gasteiger partial charge is 0.444 e. The van der Waals surface area contributed by atoms with E-state index in [1.165, 1.54) is 19.4 Å². The first-order valence-electron chi connectivity index (χ1n) is 15.9. The molecule has 3 N–H and O–H groups in total. The molecule has 12 heteroatoms. The molecule has 1 aromatic heterocycles. The first kappa shape index (κ1) is 32.8. The molecule has 0 spiro atoms. The molecule has 5 rings (SSSR count). The van der Waals surface area contributed by atoms with E-state index in [0.717, 1.165) is 16.6 Å². The molecule has 0 radical (unpaired) electrons. The zero-order valence-corrected chi connectivity index (χ0v) is 27.2. The van der Waals surface area contributed by atoms with Crippen molar-refractivity contribution < 1.29 is 23.9 Å². The van der Waals surface area contributed by atoms with Gasteiger partial charge in [0, 0.05) is 32.2 Å². The number of likely N-dealkylation sites (tertiary alicyclic amines) is 1. The van der Waals surface area contributed by atoms with E-state index in [4.69, 9.17) is 4.74 Å². The van der Waals surface area contributed by atoms with Crippen LogP contribution in [0.2, 0.25) is 0 Å². The van der Waals surface area contributed by atoms with Gasteiger partial charge >= 0.3 is 11.8 Å². The highest BCUT2D eigenvalue weighted by Gasteiger charge is 2.38. The smallest absolute Gasteiger partial charge is 0.408 e. The quantitative estimate of drug-likeness (QED) is 0.365. The lowest BCUT2D eigenvalue weighted by Gasteiger charge is -2.36. The van der Waals surface area contributed by atoms with Gasteiger partial charge in [0.1, 0.15) is 17.2 Å². The summed E-state index contributed by atoms with van der Waals surface area (Å²) in [6.07, 6.45) is 0.790. The van der Waals surface area contributed by atoms with E-state index in [1.54, 1.807) is 35.1 Å². The molecule has 3 heterocycles. The summed E-state index contributed by atoms with van der Waals surface area (Å²) in [5, 5.41) is 5.35. The van der Waals surface area contributed by atoms with Gasteiger partial charge in [-0.1, -0.05) is 36.4 Å². The van der Waals surface area contributed by atoms with E-state index in [-0.39, 0.29) is 30.0 Å². The molecule has 0 bridgehead atoms. The SMILES string of the molecule is CC(C)(C)OC(=O)NC(C)(C)C(=O)NC(CC(=O)N1CCc2ccccc2C1)C(=O)N1CCC(n2c(=O)[nH]c3ccccc32)CC1. The average Bonchev–Trinajstić information content (AvgIpc) is 3.34. The molecule has 1 saturated heterocycles. The van der Waals surface area contributed by atoms with Gasteiger partial charge in [0.2, 0.25) is 17.7 Å². The number of piperidine rings is 1. The highest BCUT2D eigenvalue weighted by Crippen LogP contribution is 2.26. The predicted molar refractivity (Wildman–Crippen MR) is 173 cm³/mol. The van der Waals surface area contributed by atoms with Gasteiger partial charge in [-0.15, -0.1) is 0 Å². The summed E-state index contributed by atoms with van der Waals surface area (Å²) < 4.78 is 7.08. The monoisotopic (exact) mass is 632 g/mol. The van der Waals surface area contributed by atoms with Crippen molar-refractivity contribution in [3.63, 3.8) is 0 Å². The number of rotatable bonds is 7. The molecule has 1 unspecified atom stereocenters. The van der Waals surface area contributed by atoms with Gasteiger partial charge in [0.25, 0.3) is 0 Å². The van der Waals surface area contributed by atoms with Crippen molar-refractivity contribution in [1.82, 2.24) is 30.0 Å². The summed E-state index contributed by atoms with van der Waals surface area (Å²) in [5.74, 6) is -1.24. The molecular formula is C34H44N6O6. The highest BCUT2D eigenvalue weighted by molar-refractivity contribution is 5.96. The molecule has 1 fully saturated rings. The Balaban J connectivity index is 1.30. The van der Waals surface area contributed by atoms with Crippen LogP contribution in [0.4, 0.5) is 4.79 Å². The Morgan fingerprint density at radius 2 is 1.57 bits per heavy atom. The molecule has 0 aliphatic carbocycles. The average molecular weight is 633 g/mol. The van der Waals surface area contributed by atoms with Crippen molar-refractivity contribution in [3.05, 3.63) is 70.1 Å². The Bertz CT molecular complexity index is 1680. The zero-order valence-electron chi connectivity index (χ0n) is 27.2. The second kappa shape index (κ2) is 13.0. The Kier molecular flexibility index (Phi) is 9.27. The number of ether oxygens (including phenoxy) is 1. The molecule has 2 aliphatic rings. The number of carbonyl (C=O) groups excluding carboxylic acids is 4. The lowest BCUT2D eigenvalue weighted by atomic mass is 9.98. The van der Waals surface area contributed by atoms with Crippen LogP contribution in [-0.4, -0.2) is 80.0 Å². The van der Waals surface area contributed by atoms with Gasteiger partial charge < -0.3 is 30.2 Å². The minimum Gasteiger partial charge on any atom is -0.444 e. The standard InChI is InChI=1S/C34H44N6O6/c1-33(2,3)46-32(45)37-34(4,5)30(43)35-26(20-28(41)39-17-14-22-10-6-7-11-23(22)21-39)29(42)38-18-15-24(16-19-38)40-27-13-9-8-12-25(27)36-31(40)44/h6-13,24,26H,14-21H2,1-5H3,(H,35,43)(H,36,44)(H,37,45). The van der Waals surface area contributed by atoms with Crippen LogP contribution < -0.4 is 16.3 Å². The van der Waals surface area contributed by atoms with E-state index < -0.39 is 29.2 Å². The summed E-state index contributed by atoms with van der Waals surface area (Å²) in [5.41, 5.74) is 1.44. The van der Waals surface area contributed by atoms with Crippen molar-refractivity contribution in [3.8, 4) is 0 Å². The van der Waals surface area contributed by atoms with Crippen LogP contribution in [0.15, 0.2) is 53.3 Å². The number of H-pyrrole nitrogens is 1. The summed E-state index contributed by atoms with van der Waals surface area (Å²) in [6.45, 7) is 9.84. The minimum atomic E-state index is -1.43. The summed E-state index contributed by atoms with van der Waals surface area (Å²) in [4.78, 5) is 72.7. The molecule has 246 valence electrons. The number of benzene rings is 2. The van der Waals surface area contributed by atoms with Gasteiger partial charge in [0.15, 0.2) is 0 Å². The summed E-state index contributed by atoms with van der Waals surface area (Å²) in [7, 11) is 0. The number of alkyl carbamates (subject to hydrolysis) is 1. The maximum absolute atomic E-state index is 14.0. The van der Waals surface area contributed by atoms with Crippen molar-refractivity contribution >= 4 is 34.8 Å². The molecule has 46 heavy (non-hydrogen) atoms. The van der Waals surface area contributed by atoms with Crippen LogP contribution in [0.1, 0.15) is 71.0 Å². The number of carbonyl (C=O) groups is 4. The van der Waals surface area contributed by atoms with Crippen molar-refractivity contribution in [2.45, 2.75) is 90.1 Å². The van der Waals surface area contributed by atoms with Crippen LogP contribution in [0.5, 0.6) is 0 Å². The lowest BCUT2D eigenvalue weighted by Crippen LogP contribution is -2.60. The number of aromatic nitrogens is 2. The Hall–Kier alpha value is -4.61. The van der Waals surface area contributed by atoms with Crippen molar-refractivity contribution in [2.75, 3.05) is 19.6 Å². The molecule has 0 saturated carbocycles. The first-order valence-corrected chi connectivity index (χ1v) is 15.9. The number of fused-ring (bicyclic) bond motifs is 2. The zero-order chi connectivity index (χ0) is 33.2. The number of imidazole rings is 1. The van der Waals surface area contributed by atoms with E-state index in [0.29, 0.717) is 45.4 Å². The minimum absolute atomic E-state index is 0.104. The van der Waals surface area contributed by atoms with Crippen LogP contribution >= 0.6 is 0 Å². The maximum Gasteiger partial charge on any atom is 0.408 e. The van der Waals surface area contributed by atoms with Crippen molar-refractivity contribution in [1.29, 1.82) is 0 Å². The topological polar surface area (TPSA) is 146 Å². The molecular weight excluding hydrogens is 588 g/mol. The Labute approximate surface area is 268 Å². The second-order valence-electron chi connectivity index (χ2n) is 13.7. The van der Waals surface area contributed by atoms with Gasteiger partial charge in [0.05, 0.1) is 17.5 Å². The molecule has 3 aromatic rings. The highest BCUT2D eigenvalue weighted by atomic mass is 16.6. The predicted octanol–water partition coefficient (Wildman–Crippen LogP) is 3.26. The van der Waals surface area contributed by atoms with Gasteiger partial charge in [-0.3, -0.25) is 19.0 Å². The van der Waals surface area contributed by atoms with Crippen LogP contribution in [-0.2, 0) is 32.1 Å². The third-order valence-corrected chi connectivity index (χ3v) is 8.61. The van der Waals surface area contributed by atoms with Gasteiger partial charge in [-0.05, 0) is 77.1 Å². The number of nitrogens with one attached hydrogen (secondary N) is 3. The number of hydrogen-bond donors (Lipinski definition) is 3. The van der Waals surface area contributed by atoms with Gasteiger partial charge in [-0.2, -0.15) is 0 Å². The second-order valence-corrected chi connectivity index (χ2v) is 13.7. The van der Waals surface area contributed by atoms with Crippen LogP contribution in [0.25, 0.3) is 11.0 Å². The fraction of sp³-hybridized carbons (Fsp3) is 0.500. The number of hydrogen-bond acceptors (Lipinski definition) is 6. The van der Waals surface area contributed by atoms with Crippen molar-refractivity contribution in [2.24, 2.45) is 0 Å².